The number of hydrogen-bond acceptors (Lipinski definition) is 5. The van der Waals surface area contributed by atoms with Crippen molar-refractivity contribution in [2.45, 2.75) is 26.9 Å². The van der Waals surface area contributed by atoms with Gasteiger partial charge in [0.2, 0.25) is 0 Å². The van der Waals surface area contributed by atoms with E-state index >= 15 is 0 Å². The van der Waals surface area contributed by atoms with E-state index in [4.69, 9.17) is 4.74 Å². The highest BCUT2D eigenvalue weighted by Crippen LogP contribution is 2.19. The van der Waals surface area contributed by atoms with Gasteiger partial charge in [0, 0.05) is 11.8 Å². The molecule has 0 saturated heterocycles. The molecule has 0 radical (unpaired) electrons. The fraction of sp³-hybridized carbons (Fsp3) is 0.222. The van der Waals surface area contributed by atoms with Gasteiger partial charge >= 0.3 is 0 Å². The van der Waals surface area contributed by atoms with Crippen LogP contribution in [0.15, 0.2) is 48.8 Å². The second kappa shape index (κ2) is 7.12. The van der Waals surface area contributed by atoms with Crippen molar-refractivity contribution in [3.05, 3.63) is 59.9 Å². The highest BCUT2D eigenvalue weighted by Gasteiger charge is 2.16. The summed E-state index contributed by atoms with van der Waals surface area (Å²) in [5, 5.41) is 14.0. The number of aromatic nitrogens is 4. The van der Waals surface area contributed by atoms with Crippen molar-refractivity contribution in [3.8, 4) is 11.4 Å². The van der Waals surface area contributed by atoms with Gasteiger partial charge in [-0.1, -0.05) is 18.2 Å². The first kappa shape index (κ1) is 16.6. The molecule has 1 atom stereocenters. The predicted molar refractivity (Wildman–Crippen MR) is 93.8 cm³/mol. The van der Waals surface area contributed by atoms with Gasteiger partial charge in [0.1, 0.15) is 12.1 Å². The molecular formula is C18H19N5O2. The minimum Gasteiger partial charge on any atom is -0.481 e. The lowest BCUT2D eigenvalue weighted by Gasteiger charge is -2.16. The number of nitrogens with zero attached hydrogens (tertiary/aromatic N) is 4. The van der Waals surface area contributed by atoms with Crippen molar-refractivity contribution in [1.82, 2.24) is 20.2 Å². The maximum atomic E-state index is 12.4. The Morgan fingerprint density at radius 1 is 1.20 bits per heavy atom. The van der Waals surface area contributed by atoms with Crippen LogP contribution >= 0.6 is 0 Å². The molecule has 1 heterocycles. The van der Waals surface area contributed by atoms with Crippen molar-refractivity contribution in [3.63, 3.8) is 0 Å². The van der Waals surface area contributed by atoms with Gasteiger partial charge < -0.3 is 10.1 Å². The van der Waals surface area contributed by atoms with E-state index in [-0.39, 0.29) is 5.91 Å². The normalized spacial score (nSPS) is 11.8. The van der Waals surface area contributed by atoms with Gasteiger partial charge in [-0.3, -0.25) is 4.79 Å². The van der Waals surface area contributed by atoms with Crippen LogP contribution in [0.4, 0.5) is 5.69 Å². The molecule has 0 aliphatic heterocycles. The Morgan fingerprint density at radius 3 is 2.80 bits per heavy atom. The summed E-state index contributed by atoms with van der Waals surface area (Å²) >= 11 is 0. The third-order valence-corrected chi connectivity index (χ3v) is 3.76. The molecule has 3 rings (SSSR count). The van der Waals surface area contributed by atoms with Crippen LogP contribution in [0.3, 0.4) is 0 Å². The predicted octanol–water partition coefficient (Wildman–Crippen LogP) is 2.69. The highest BCUT2D eigenvalue weighted by molar-refractivity contribution is 5.94. The number of nitrogens with one attached hydrogen (secondary N) is 1. The molecular weight excluding hydrogens is 318 g/mol. The number of amides is 1. The highest BCUT2D eigenvalue weighted by atomic mass is 16.5. The van der Waals surface area contributed by atoms with Crippen LogP contribution in [0.5, 0.6) is 5.75 Å². The van der Waals surface area contributed by atoms with Crippen LogP contribution in [-0.4, -0.2) is 32.2 Å². The Kier molecular flexibility index (Phi) is 4.74. The summed E-state index contributed by atoms with van der Waals surface area (Å²) in [4.78, 5) is 12.4. The average molecular weight is 337 g/mol. The van der Waals surface area contributed by atoms with E-state index < -0.39 is 6.10 Å². The Hall–Kier alpha value is -3.22. The van der Waals surface area contributed by atoms with E-state index in [0.717, 1.165) is 22.5 Å². The van der Waals surface area contributed by atoms with Crippen LogP contribution < -0.4 is 10.1 Å². The number of rotatable bonds is 5. The number of tetrazole rings is 1. The molecule has 3 aromatic rings. The number of benzene rings is 2. The molecule has 1 N–H and O–H groups in total. The first-order valence-corrected chi connectivity index (χ1v) is 7.91. The zero-order valence-corrected chi connectivity index (χ0v) is 14.3. The molecule has 2 aromatic carbocycles. The van der Waals surface area contributed by atoms with Crippen molar-refractivity contribution < 1.29 is 9.53 Å². The molecule has 0 fully saturated rings. The van der Waals surface area contributed by atoms with Gasteiger partial charge in [0.25, 0.3) is 5.91 Å². The Bertz CT molecular complexity index is 877. The molecule has 0 aliphatic carbocycles. The van der Waals surface area contributed by atoms with Gasteiger partial charge in [-0.2, -0.15) is 0 Å². The summed E-state index contributed by atoms with van der Waals surface area (Å²) in [6, 6.07) is 13.2. The Morgan fingerprint density at radius 2 is 2.04 bits per heavy atom. The van der Waals surface area contributed by atoms with E-state index in [1.807, 2.05) is 44.2 Å². The summed E-state index contributed by atoms with van der Waals surface area (Å²) < 4.78 is 7.28. The number of carbonyl (C=O) groups is 1. The van der Waals surface area contributed by atoms with Crippen LogP contribution in [0.2, 0.25) is 0 Å². The Balaban J connectivity index is 1.69. The molecule has 1 amide bonds. The fourth-order valence-corrected chi connectivity index (χ4v) is 2.34. The van der Waals surface area contributed by atoms with Crippen LogP contribution in [0, 0.1) is 13.8 Å². The van der Waals surface area contributed by atoms with Crippen molar-refractivity contribution >= 4 is 11.6 Å². The van der Waals surface area contributed by atoms with Crippen LogP contribution in [-0.2, 0) is 4.79 Å². The van der Waals surface area contributed by atoms with Crippen molar-refractivity contribution in [2.75, 3.05) is 5.32 Å². The average Bonchev–Trinajstić information content (AvgIpc) is 3.13. The van der Waals surface area contributed by atoms with Crippen LogP contribution in [0.25, 0.3) is 5.69 Å². The fourth-order valence-electron chi connectivity index (χ4n) is 2.34. The maximum absolute atomic E-state index is 12.4. The Labute approximate surface area is 145 Å². The standard InChI is InChI=1S/C18H19N5O2/c1-12-7-8-13(2)17(9-12)20-18(24)14(3)25-16-6-4-5-15(10-16)23-11-19-21-22-23/h4-11,14H,1-3H3,(H,20,24)/t14-/m0/s1. The third-order valence-electron chi connectivity index (χ3n) is 3.76. The molecule has 0 saturated carbocycles. The topological polar surface area (TPSA) is 81.9 Å². The number of ether oxygens (including phenoxy) is 1. The number of hydrogen-bond donors (Lipinski definition) is 1. The monoisotopic (exact) mass is 337 g/mol. The molecule has 0 unspecified atom stereocenters. The van der Waals surface area contributed by atoms with E-state index in [2.05, 4.69) is 20.8 Å². The van der Waals surface area contributed by atoms with Gasteiger partial charge in [-0.25, -0.2) is 4.68 Å². The zero-order chi connectivity index (χ0) is 17.8. The van der Waals surface area contributed by atoms with E-state index in [0.29, 0.717) is 5.75 Å². The maximum Gasteiger partial charge on any atom is 0.265 e. The van der Waals surface area contributed by atoms with Crippen molar-refractivity contribution in [1.29, 1.82) is 0 Å². The summed E-state index contributed by atoms with van der Waals surface area (Å²) in [6.07, 6.45) is 0.847. The number of carbonyl (C=O) groups excluding carboxylic acids is 1. The molecule has 1 aromatic heterocycles. The molecule has 0 spiro atoms. The first-order chi connectivity index (χ1) is 12.0. The second-order valence-electron chi connectivity index (χ2n) is 5.82. The largest absolute Gasteiger partial charge is 0.481 e. The molecule has 7 heteroatoms. The van der Waals surface area contributed by atoms with Gasteiger partial charge in [-0.05, 0) is 60.5 Å². The minimum atomic E-state index is -0.649. The lowest BCUT2D eigenvalue weighted by molar-refractivity contribution is -0.122. The van der Waals surface area contributed by atoms with E-state index in [1.165, 1.54) is 11.0 Å². The smallest absolute Gasteiger partial charge is 0.265 e. The third kappa shape index (κ3) is 4.00. The van der Waals surface area contributed by atoms with Crippen LogP contribution in [0.1, 0.15) is 18.1 Å². The lowest BCUT2D eigenvalue weighted by atomic mass is 10.1. The van der Waals surface area contributed by atoms with Gasteiger partial charge in [0.15, 0.2) is 6.10 Å². The van der Waals surface area contributed by atoms with Crippen molar-refractivity contribution in [2.24, 2.45) is 0 Å². The molecule has 128 valence electrons. The summed E-state index contributed by atoms with van der Waals surface area (Å²) in [6.45, 7) is 5.65. The molecule has 0 aliphatic rings. The molecule has 0 bridgehead atoms. The number of anilines is 1. The summed E-state index contributed by atoms with van der Waals surface area (Å²) in [5.74, 6) is 0.359. The van der Waals surface area contributed by atoms with E-state index in [1.54, 1.807) is 19.1 Å². The van der Waals surface area contributed by atoms with Gasteiger partial charge in [-0.15, -0.1) is 5.10 Å². The minimum absolute atomic E-state index is 0.207. The summed E-state index contributed by atoms with van der Waals surface area (Å²) in [5.41, 5.74) is 3.64. The second-order valence-corrected chi connectivity index (χ2v) is 5.82. The lowest BCUT2D eigenvalue weighted by Crippen LogP contribution is -2.30. The zero-order valence-electron chi connectivity index (χ0n) is 14.3. The summed E-state index contributed by atoms with van der Waals surface area (Å²) in [7, 11) is 0. The van der Waals surface area contributed by atoms with E-state index in [9.17, 15) is 4.79 Å². The SMILES string of the molecule is Cc1ccc(C)c(NC(=O)[C@H](C)Oc2cccc(-n3cnnn3)c2)c1. The molecule has 25 heavy (non-hydrogen) atoms. The first-order valence-electron chi connectivity index (χ1n) is 7.91. The molecule has 7 nitrogen and oxygen atoms in total. The quantitative estimate of drug-likeness (QED) is 0.774. The number of aryl methyl sites for hydroxylation is 2. The van der Waals surface area contributed by atoms with Gasteiger partial charge in [0.05, 0.1) is 5.69 Å².